The number of nitrogens with zero attached hydrogens (tertiary/aromatic N) is 3. The quantitative estimate of drug-likeness (QED) is 0.604. The number of aromatic nitrogens is 2. The Morgan fingerprint density at radius 1 is 1.03 bits per heavy atom. The van der Waals surface area contributed by atoms with E-state index in [1.165, 1.54) is 24.6 Å². The molecule has 0 unspecified atom stereocenters. The molecular weight excluding hydrogens is 365 g/mol. The van der Waals surface area contributed by atoms with Crippen molar-refractivity contribution in [2.75, 3.05) is 28.6 Å². The minimum absolute atomic E-state index is 0.238. The lowest BCUT2D eigenvalue weighted by Crippen LogP contribution is -2.32. The number of hydrogen-bond acceptors (Lipinski definition) is 5. The van der Waals surface area contributed by atoms with Crippen LogP contribution in [0.25, 0.3) is 0 Å². The van der Waals surface area contributed by atoms with Crippen molar-refractivity contribution >= 4 is 23.1 Å². The molecule has 2 heterocycles. The third-order valence-electron chi connectivity index (χ3n) is 5.34. The molecule has 5 nitrogen and oxygen atoms in total. The van der Waals surface area contributed by atoms with Crippen LogP contribution in [0.3, 0.4) is 0 Å². The van der Waals surface area contributed by atoms with Crippen LogP contribution in [0.1, 0.15) is 25.3 Å². The van der Waals surface area contributed by atoms with Crippen molar-refractivity contribution in [2.24, 2.45) is 5.92 Å². The molecule has 0 spiro atoms. The van der Waals surface area contributed by atoms with Gasteiger partial charge in [0.05, 0.1) is 0 Å². The van der Waals surface area contributed by atoms with Crippen LogP contribution in [-0.4, -0.2) is 23.1 Å². The Labute approximate surface area is 171 Å². The van der Waals surface area contributed by atoms with Crippen molar-refractivity contribution in [1.82, 2.24) is 9.97 Å². The zero-order valence-corrected chi connectivity index (χ0v) is 16.6. The molecule has 6 heteroatoms. The van der Waals surface area contributed by atoms with Gasteiger partial charge in [0, 0.05) is 42.8 Å². The Bertz CT molecular complexity index is 936. The van der Waals surface area contributed by atoms with Crippen LogP contribution in [-0.2, 0) is 6.54 Å². The van der Waals surface area contributed by atoms with E-state index in [4.69, 9.17) is 0 Å². The van der Waals surface area contributed by atoms with E-state index in [0.717, 1.165) is 24.7 Å². The smallest absolute Gasteiger partial charge is 0.224 e. The van der Waals surface area contributed by atoms with Gasteiger partial charge in [0.1, 0.15) is 11.6 Å². The molecule has 29 heavy (non-hydrogen) atoms. The fourth-order valence-corrected chi connectivity index (χ4v) is 3.50. The summed E-state index contributed by atoms with van der Waals surface area (Å²) < 4.78 is 13.7. The molecule has 0 radical (unpaired) electrons. The maximum absolute atomic E-state index is 13.7. The van der Waals surface area contributed by atoms with E-state index in [1.54, 1.807) is 18.3 Å². The fraction of sp³-hybridized carbons (Fsp3) is 0.304. The van der Waals surface area contributed by atoms with Gasteiger partial charge >= 0.3 is 0 Å². The second-order valence-electron chi connectivity index (χ2n) is 7.55. The molecule has 4 rings (SSSR count). The number of nitrogens with one attached hydrogen (secondary N) is 2. The van der Waals surface area contributed by atoms with Crippen LogP contribution in [0.4, 0.5) is 27.5 Å². The van der Waals surface area contributed by atoms with E-state index in [-0.39, 0.29) is 5.82 Å². The molecule has 2 aromatic carbocycles. The predicted molar refractivity (Wildman–Crippen MR) is 116 cm³/mol. The van der Waals surface area contributed by atoms with Crippen LogP contribution in [0.2, 0.25) is 0 Å². The monoisotopic (exact) mass is 391 g/mol. The summed E-state index contributed by atoms with van der Waals surface area (Å²) in [4.78, 5) is 11.1. The summed E-state index contributed by atoms with van der Waals surface area (Å²) in [5, 5.41) is 6.38. The first-order valence-electron chi connectivity index (χ1n) is 10.1. The molecule has 1 aliphatic heterocycles. The standard InChI is InChI=1S/C23H26FN5/c1-17-11-14-29(15-12-17)20-8-6-19(7-9-20)27-22-10-13-25-23(28-22)26-16-18-4-2-3-5-21(18)24/h2-10,13,17H,11-12,14-16H2,1H3,(H2,25,26,27,28). The highest BCUT2D eigenvalue weighted by atomic mass is 19.1. The molecule has 0 aliphatic carbocycles. The number of hydrogen-bond donors (Lipinski definition) is 2. The normalized spacial score (nSPS) is 14.6. The maximum Gasteiger partial charge on any atom is 0.224 e. The van der Waals surface area contributed by atoms with Gasteiger partial charge in [0.25, 0.3) is 0 Å². The number of halogens is 1. The van der Waals surface area contributed by atoms with Gasteiger partial charge < -0.3 is 15.5 Å². The Morgan fingerprint density at radius 2 is 1.79 bits per heavy atom. The number of benzene rings is 2. The fourth-order valence-electron chi connectivity index (χ4n) is 3.50. The molecule has 1 fully saturated rings. The summed E-state index contributed by atoms with van der Waals surface area (Å²) in [6, 6.07) is 16.9. The van der Waals surface area contributed by atoms with Gasteiger partial charge in [-0.05, 0) is 55.2 Å². The van der Waals surface area contributed by atoms with E-state index in [2.05, 4.69) is 56.7 Å². The summed E-state index contributed by atoms with van der Waals surface area (Å²) in [6.07, 6.45) is 4.19. The van der Waals surface area contributed by atoms with E-state index in [0.29, 0.717) is 23.9 Å². The molecule has 1 saturated heterocycles. The number of anilines is 4. The minimum atomic E-state index is -0.238. The van der Waals surface area contributed by atoms with Crippen LogP contribution >= 0.6 is 0 Å². The summed E-state index contributed by atoms with van der Waals surface area (Å²) in [5.74, 6) is 1.73. The first kappa shape index (κ1) is 19.2. The first-order valence-corrected chi connectivity index (χ1v) is 10.1. The van der Waals surface area contributed by atoms with Gasteiger partial charge in [-0.1, -0.05) is 25.1 Å². The molecule has 150 valence electrons. The van der Waals surface area contributed by atoms with Crippen LogP contribution < -0.4 is 15.5 Å². The highest BCUT2D eigenvalue weighted by molar-refractivity contribution is 5.61. The van der Waals surface area contributed by atoms with E-state index in [1.807, 2.05) is 12.1 Å². The first-order chi connectivity index (χ1) is 14.2. The third kappa shape index (κ3) is 5.02. The maximum atomic E-state index is 13.7. The number of piperidine rings is 1. The second kappa shape index (κ2) is 8.90. The topological polar surface area (TPSA) is 53.1 Å². The van der Waals surface area contributed by atoms with E-state index >= 15 is 0 Å². The zero-order valence-electron chi connectivity index (χ0n) is 16.6. The average Bonchev–Trinajstić information content (AvgIpc) is 2.75. The van der Waals surface area contributed by atoms with Gasteiger partial charge in [-0.25, -0.2) is 9.37 Å². The lowest BCUT2D eigenvalue weighted by molar-refractivity contribution is 0.438. The molecule has 0 amide bonds. The summed E-state index contributed by atoms with van der Waals surface area (Å²) in [7, 11) is 0. The summed E-state index contributed by atoms with van der Waals surface area (Å²) in [5.41, 5.74) is 2.81. The highest BCUT2D eigenvalue weighted by Crippen LogP contribution is 2.25. The predicted octanol–water partition coefficient (Wildman–Crippen LogP) is 5.21. The third-order valence-corrected chi connectivity index (χ3v) is 5.34. The summed E-state index contributed by atoms with van der Waals surface area (Å²) in [6.45, 7) is 4.90. The molecule has 2 N–H and O–H groups in total. The summed E-state index contributed by atoms with van der Waals surface area (Å²) >= 11 is 0. The molecular formula is C23H26FN5. The molecule has 1 aliphatic rings. The molecule has 0 saturated carbocycles. The average molecular weight is 391 g/mol. The SMILES string of the molecule is CC1CCN(c2ccc(Nc3ccnc(NCc4ccccc4F)n3)cc2)CC1. The van der Waals surface area contributed by atoms with Crippen LogP contribution in [0, 0.1) is 11.7 Å². The van der Waals surface area contributed by atoms with Gasteiger partial charge in [0.2, 0.25) is 5.95 Å². The van der Waals surface area contributed by atoms with Gasteiger partial charge in [-0.15, -0.1) is 0 Å². The van der Waals surface area contributed by atoms with Crippen LogP contribution in [0.5, 0.6) is 0 Å². The van der Waals surface area contributed by atoms with Gasteiger partial charge in [-0.2, -0.15) is 4.98 Å². The molecule has 0 bridgehead atoms. The Balaban J connectivity index is 1.37. The highest BCUT2D eigenvalue weighted by Gasteiger charge is 2.15. The molecule has 1 aromatic heterocycles. The lowest BCUT2D eigenvalue weighted by Gasteiger charge is -2.32. The van der Waals surface area contributed by atoms with Crippen molar-refractivity contribution in [3.63, 3.8) is 0 Å². The van der Waals surface area contributed by atoms with E-state index < -0.39 is 0 Å². The van der Waals surface area contributed by atoms with Crippen molar-refractivity contribution in [3.8, 4) is 0 Å². The molecule has 0 atom stereocenters. The van der Waals surface area contributed by atoms with Gasteiger partial charge in [0.15, 0.2) is 0 Å². The Hall–Kier alpha value is -3.15. The largest absolute Gasteiger partial charge is 0.372 e. The van der Waals surface area contributed by atoms with E-state index in [9.17, 15) is 4.39 Å². The second-order valence-corrected chi connectivity index (χ2v) is 7.55. The zero-order chi connectivity index (χ0) is 20.1. The number of rotatable bonds is 6. The van der Waals surface area contributed by atoms with Crippen LogP contribution in [0.15, 0.2) is 60.8 Å². The lowest BCUT2D eigenvalue weighted by atomic mass is 9.99. The Morgan fingerprint density at radius 3 is 2.55 bits per heavy atom. The van der Waals surface area contributed by atoms with Crippen molar-refractivity contribution in [2.45, 2.75) is 26.3 Å². The Kier molecular flexibility index (Phi) is 5.89. The van der Waals surface area contributed by atoms with Crippen molar-refractivity contribution in [3.05, 3.63) is 72.2 Å². The van der Waals surface area contributed by atoms with Crippen molar-refractivity contribution < 1.29 is 4.39 Å². The minimum Gasteiger partial charge on any atom is -0.372 e. The van der Waals surface area contributed by atoms with Gasteiger partial charge in [-0.3, -0.25) is 0 Å². The van der Waals surface area contributed by atoms with Crippen molar-refractivity contribution in [1.29, 1.82) is 0 Å². The molecule has 3 aromatic rings.